The maximum absolute atomic E-state index is 10.4. The zero-order valence-corrected chi connectivity index (χ0v) is 76.3. The van der Waals surface area contributed by atoms with Crippen LogP contribution in [0.4, 0.5) is 102 Å². The van der Waals surface area contributed by atoms with Crippen molar-refractivity contribution < 1.29 is 41.1 Å². The molecular weight excluding hydrogens is 1520 g/mol. The molecule has 6 nitrogen and oxygen atoms in total. The van der Waals surface area contributed by atoms with Gasteiger partial charge in [0.15, 0.2) is 0 Å². The van der Waals surface area contributed by atoms with Crippen LogP contribution in [0.1, 0.15) is 252 Å². The van der Waals surface area contributed by atoms with Gasteiger partial charge < -0.3 is 29.4 Å². The summed E-state index contributed by atoms with van der Waals surface area (Å²) in [5.41, 5.74) is -6.44. The van der Waals surface area contributed by atoms with Crippen molar-refractivity contribution in [2.45, 2.75) is 209 Å². The van der Waals surface area contributed by atoms with E-state index in [9.17, 15) is 41.1 Å². The number of fused-ring (bicyclic) bond motifs is 4. The molecule has 0 saturated heterocycles. The lowest BCUT2D eigenvalue weighted by atomic mass is 9.33. The van der Waals surface area contributed by atoms with Gasteiger partial charge >= 0.3 is 0 Å². The second kappa shape index (κ2) is 33.4. The molecule has 0 unspecified atom stereocenters. The molecule has 0 aromatic heterocycles. The second-order valence-electron chi connectivity index (χ2n) is 39.8. The fraction of sp³-hybridized carbons (Fsp3) is 0.276. The van der Waals surface area contributed by atoms with Gasteiger partial charge in [0.25, 0.3) is 6.71 Å². The molecule has 16 rings (SSSR count). The minimum Gasteiger partial charge on any atom is -0.311 e. The zero-order chi connectivity index (χ0) is 115. The van der Waals surface area contributed by atoms with E-state index >= 15 is 0 Å². The first-order chi connectivity index (χ1) is 71.1. The number of rotatable bonds is 14. The Bertz CT molecular complexity index is 7280. The van der Waals surface area contributed by atoms with Gasteiger partial charge in [-0.1, -0.05) is 347 Å². The SMILES string of the molecule is [2H]c1c([2H])c(C(C)(C)C)c([2H])c([2H])c1N(c1cc(N(c2ccccc2)c2ccccc2)cc(N(c2c([2H])c([2H])c(C(C)(C)C)c([2H])c2[2H])c2c([2H])c([2H])c(C(C)(C)C)c([2H])c2[2H])c1Cl)c1c([2H])c([2H])c(C(C)(C)C)c([2H])c1[2H].[2H]c1c([2H])c(C(C)(C)C)c([2H])c([2H])c1N1c2cc(N(c3ccccc3)c3ccccc3)cc3c2B(c2c([2H])c(C(C)(C)C)c([2H])c([2H])c21)c1c([2H])c(C(C)(C)C)c([2H])c([2H])c1N3c1c([2H])c([2H])c(C(C)(C)C)c([2H])c1[2H]. The molecular formula is C116H126BClN6. The van der Waals surface area contributed by atoms with E-state index in [4.69, 9.17) is 11.6 Å². The predicted octanol–water partition coefficient (Wildman–Crippen LogP) is 32.4. The average molecular weight is 1680 g/mol. The molecule has 0 aliphatic carbocycles. The standard InChI is InChI=1S/C58H62BN3.C58H64ClN3/c1-55(2,3)39-23-29-45(30-24-39)61-50-33-27-41(57(7,8)9)35-48(50)59-49-36-42(58(10,11)12)28-34-51(49)62(46-31-25-40(26-32-46)56(4,5)6)53-38-47(37-52(61)54(53)59)60(43-19-15-13-16-20-43)44-21-17-14-18-22-44;1-55(2,3)41-23-31-47(32-24-41)61(48-33-25-42(26-34-48)56(4,5)6)52-39-51(60(45-19-15-13-16-20-45)46-21-17-14-18-22-46)40-53(54(52)59)62(49-35-27-43(28-36-49)57(7,8)9)50-37-29-44(30-38-50)58(10,11)12/h13-38H,1-12H3;13-40H,1-12H3/i23D,24D,25D,26D,27D,28D,29D,30D,31D,32D,33D,34D,35D,36D;23D,24D,25D,26D,27D,28D,29D,30D,31D,32D,33D,34D,35D,36D,37D,38D. The maximum Gasteiger partial charge on any atom is 0.252 e. The van der Waals surface area contributed by atoms with Crippen molar-refractivity contribution in [1.29, 1.82) is 0 Å². The third kappa shape index (κ3) is 18.0. The van der Waals surface area contributed by atoms with Crippen LogP contribution in [0, 0.1) is 0 Å². The van der Waals surface area contributed by atoms with Gasteiger partial charge in [0.2, 0.25) is 0 Å². The van der Waals surface area contributed by atoms with Crippen molar-refractivity contribution in [2.75, 3.05) is 29.4 Å². The largest absolute Gasteiger partial charge is 0.311 e. The smallest absolute Gasteiger partial charge is 0.252 e. The van der Waals surface area contributed by atoms with E-state index in [1.54, 1.807) is 202 Å². The molecule has 0 atom stereocenters. The molecule has 0 N–H and O–H groups in total. The van der Waals surface area contributed by atoms with Gasteiger partial charge in [-0.3, -0.25) is 0 Å². The highest BCUT2D eigenvalue weighted by molar-refractivity contribution is 7.00. The molecule has 14 aromatic carbocycles. The van der Waals surface area contributed by atoms with E-state index in [-0.39, 0.29) is 173 Å². The topological polar surface area (TPSA) is 19.4 Å². The van der Waals surface area contributed by atoms with Crippen LogP contribution in [0.5, 0.6) is 0 Å². The highest BCUT2D eigenvalue weighted by atomic mass is 35.5. The summed E-state index contributed by atoms with van der Waals surface area (Å²) in [6, 6.07) is 29.4. The summed E-state index contributed by atoms with van der Waals surface area (Å²) in [5.74, 6) is 0. The Labute approximate surface area is 790 Å². The van der Waals surface area contributed by atoms with Crippen LogP contribution in [0.3, 0.4) is 0 Å². The van der Waals surface area contributed by atoms with E-state index in [2.05, 4.69) is 0 Å². The van der Waals surface area contributed by atoms with Crippen molar-refractivity contribution in [1.82, 2.24) is 0 Å². The van der Waals surface area contributed by atoms with Crippen LogP contribution in [0.25, 0.3) is 0 Å². The fourth-order valence-electron chi connectivity index (χ4n) is 14.6. The van der Waals surface area contributed by atoms with Gasteiger partial charge in [0.05, 0.1) is 68.9 Å². The number of hydrogen-bond acceptors (Lipinski definition) is 6. The Balaban J connectivity index is 0.000000229. The van der Waals surface area contributed by atoms with Crippen LogP contribution >= 0.6 is 11.6 Å². The number of hydrogen-bond donors (Lipinski definition) is 0. The van der Waals surface area contributed by atoms with Crippen molar-refractivity contribution in [3.05, 3.63) is 376 Å². The molecule has 0 saturated carbocycles. The Morgan fingerprint density at radius 2 is 0.452 bits per heavy atom. The van der Waals surface area contributed by atoms with E-state index in [0.29, 0.717) is 28.4 Å². The Morgan fingerprint density at radius 1 is 0.234 bits per heavy atom. The molecule has 0 spiro atoms. The number of benzene rings is 14. The Hall–Kier alpha value is -11.8. The summed E-state index contributed by atoms with van der Waals surface area (Å²) in [6.07, 6.45) is 0. The van der Waals surface area contributed by atoms with E-state index in [1.165, 1.54) is 21.9 Å². The van der Waals surface area contributed by atoms with Crippen LogP contribution in [-0.2, 0) is 43.3 Å². The van der Waals surface area contributed by atoms with Gasteiger partial charge in [-0.2, -0.15) is 0 Å². The predicted molar refractivity (Wildman–Crippen MR) is 540 cm³/mol. The summed E-state index contributed by atoms with van der Waals surface area (Å²) in [6.45, 7) is 41.2. The van der Waals surface area contributed by atoms with Gasteiger partial charge in [-0.05, 0) is 262 Å². The van der Waals surface area contributed by atoms with E-state index in [1.807, 2.05) is 107 Å². The Morgan fingerprint density at radius 3 is 0.685 bits per heavy atom. The molecule has 2 heterocycles. The summed E-state index contributed by atoms with van der Waals surface area (Å²) in [4.78, 5) is 8.64. The first kappa shape index (κ1) is 56.9. The van der Waals surface area contributed by atoms with Crippen LogP contribution in [0.2, 0.25) is 5.02 Å². The molecule has 14 aromatic rings. The Kier molecular flexibility index (Phi) is 15.3. The molecule has 124 heavy (non-hydrogen) atoms. The molecule has 2 aliphatic heterocycles. The summed E-state index contributed by atoms with van der Waals surface area (Å²) in [5, 5.41) is -0.471. The number of halogens is 1. The van der Waals surface area contributed by atoms with Gasteiger partial charge in [-0.25, -0.2) is 0 Å². The fourth-order valence-corrected chi connectivity index (χ4v) is 14.9. The lowest BCUT2D eigenvalue weighted by molar-refractivity contribution is 0.590. The molecule has 2 aliphatic rings. The van der Waals surface area contributed by atoms with Crippen molar-refractivity contribution in [3.8, 4) is 0 Å². The summed E-state index contributed by atoms with van der Waals surface area (Å²) in [7, 11) is 0. The van der Waals surface area contributed by atoms with Crippen molar-refractivity contribution in [3.63, 3.8) is 0 Å². The van der Waals surface area contributed by atoms with E-state index in [0.717, 1.165) is 9.80 Å². The second-order valence-corrected chi connectivity index (χ2v) is 40.2. The molecule has 630 valence electrons. The van der Waals surface area contributed by atoms with Gasteiger partial charge in [0.1, 0.15) is 0 Å². The summed E-state index contributed by atoms with van der Waals surface area (Å²) < 4.78 is 293. The molecule has 0 fully saturated rings. The minimum atomic E-state index is -1.28. The van der Waals surface area contributed by atoms with Crippen LogP contribution in [-0.4, -0.2) is 6.71 Å². The monoisotopic (exact) mass is 1680 g/mol. The first-order valence-electron chi connectivity index (χ1n) is 57.0. The minimum absolute atomic E-state index is 0.0407. The lowest BCUT2D eigenvalue weighted by Crippen LogP contribution is -2.61. The van der Waals surface area contributed by atoms with Crippen LogP contribution in [0.15, 0.2) is 327 Å². The highest BCUT2D eigenvalue weighted by Gasteiger charge is 2.46. The third-order valence-electron chi connectivity index (χ3n) is 21.6. The van der Waals surface area contributed by atoms with E-state index < -0.39 is 199 Å². The maximum atomic E-state index is 10.4. The first-order valence-corrected chi connectivity index (χ1v) is 42.4. The highest BCUT2D eigenvalue weighted by Crippen LogP contribution is 2.54. The molecule has 8 heteroatoms. The number of para-hydroxylation sites is 4. The van der Waals surface area contributed by atoms with Crippen LogP contribution < -0.4 is 45.8 Å². The summed E-state index contributed by atoms with van der Waals surface area (Å²) >= 11 is 7.95. The zero-order valence-electron chi connectivity index (χ0n) is 105. The quantitative estimate of drug-likeness (QED) is 0.100. The average Bonchev–Trinajstić information content (AvgIpc) is 0.667. The molecule has 0 radical (unpaired) electrons. The lowest BCUT2D eigenvalue weighted by Gasteiger charge is -2.45. The number of anilines is 18. The van der Waals surface area contributed by atoms with Gasteiger partial charge in [0, 0.05) is 79.6 Å². The van der Waals surface area contributed by atoms with Crippen molar-refractivity contribution in [2.24, 2.45) is 0 Å². The number of nitrogens with zero attached hydrogens (tertiary/aromatic N) is 6. The molecule has 0 amide bonds. The van der Waals surface area contributed by atoms with Crippen molar-refractivity contribution >= 4 is 137 Å². The molecule has 0 bridgehead atoms. The van der Waals surface area contributed by atoms with Gasteiger partial charge in [-0.15, -0.1) is 0 Å². The normalized spacial score (nSPS) is 16.4. The third-order valence-corrected chi connectivity index (χ3v) is 22.0.